The number of nitrogens with zero attached hydrogens (tertiary/aromatic N) is 3. The van der Waals surface area contributed by atoms with Gasteiger partial charge < -0.3 is 15.5 Å². The van der Waals surface area contributed by atoms with Crippen molar-refractivity contribution in [3.05, 3.63) is 6.33 Å². The Kier molecular flexibility index (Phi) is 2.15. The van der Waals surface area contributed by atoms with Gasteiger partial charge in [0, 0.05) is 13.1 Å². The van der Waals surface area contributed by atoms with Crippen molar-refractivity contribution in [2.75, 3.05) is 29.2 Å². The normalized spacial score (nSPS) is 14.1. The van der Waals surface area contributed by atoms with Crippen LogP contribution in [0.1, 0.15) is 13.8 Å². The molecular formula is C9H15N5. The highest BCUT2D eigenvalue weighted by atomic mass is 15.3. The number of fused-ring (bicyclic) bond motifs is 1. The third kappa shape index (κ3) is 1.25. The molecule has 1 aliphatic heterocycles. The van der Waals surface area contributed by atoms with E-state index in [-0.39, 0.29) is 0 Å². The van der Waals surface area contributed by atoms with Gasteiger partial charge in [-0.1, -0.05) is 0 Å². The van der Waals surface area contributed by atoms with Gasteiger partial charge in [-0.05, 0) is 13.8 Å². The van der Waals surface area contributed by atoms with Crippen LogP contribution < -0.4 is 15.5 Å². The van der Waals surface area contributed by atoms with Gasteiger partial charge in [-0.3, -0.25) is 0 Å². The quantitative estimate of drug-likeness (QED) is 0.737. The Morgan fingerprint density at radius 1 is 1.50 bits per heavy atom. The first-order valence-electron chi connectivity index (χ1n) is 4.77. The predicted molar refractivity (Wildman–Crippen MR) is 57.7 cm³/mol. The van der Waals surface area contributed by atoms with E-state index in [1.807, 2.05) is 7.05 Å². The molecule has 1 aliphatic rings. The predicted octanol–water partition coefficient (Wildman–Crippen LogP) is 1.12. The molecule has 0 bridgehead atoms. The fraction of sp³-hybridized carbons (Fsp3) is 0.556. The van der Waals surface area contributed by atoms with Crippen LogP contribution in [0, 0.1) is 0 Å². The molecule has 5 heteroatoms. The number of nitrogens with one attached hydrogen (secondary N) is 2. The fourth-order valence-electron chi connectivity index (χ4n) is 1.61. The molecule has 0 unspecified atom stereocenters. The average Bonchev–Trinajstić information content (AvgIpc) is 2.60. The molecule has 5 nitrogen and oxygen atoms in total. The highest BCUT2D eigenvalue weighted by molar-refractivity contribution is 5.81. The lowest BCUT2D eigenvalue weighted by atomic mass is 10.3. The number of hydrogen-bond donors (Lipinski definition) is 2. The molecule has 0 fully saturated rings. The molecule has 76 valence electrons. The monoisotopic (exact) mass is 193 g/mol. The van der Waals surface area contributed by atoms with Gasteiger partial charge in [0.2, 0.25) is 0 Å². The van der Waals surface area contributed by atoms with E-state index in [4.69, 9.17) is 0 Å². The summed E-state index contributed by atoms with van der Waals surface area (Å²) in [5, 5.41) is 6.34. The van der Waals surface area contributed by atoms with Crippen molar-refractivity contribution in [2.45, 2.75) is 19.9 Å². The van der Waals surface area contributed by atoms with Crippen LogP contribution in [-0.4, -0.2) is 29.7 Å². The third-order valence-electron chi connectivity index (χ3n) is 2.39. The van der Waals surface area contributed by atoms with Crippen LogP contribution in [-0.2, 0) is 0 Å². The molecule has 0 amide bonds. The molecule has 14 heavy (non-hydrogen) atoms. The Hall–Kier alpha value is -1.52. The molecule has 0 aromatic carbocycles. The van der Waals surface area contributed by atoms with E-state index in [0.29, 0.717) is 6.04 Å². The number of hydrogen-bond acceptors (Lipinski definition) is 5. The average molecular weight is 193 g/mol. The Morgan fingerprint density at radius 2 is 2.29 bits per heavy atom. The number of anilines is 3. The van der Waals surface area contributed by atoms with Crippen molar-refractivity contribution in [1.29, 1.82) is 0 Å². The summed E-state index contributed by atoms with van der Waals surface area (Å²) >= 11 is 0. The van der Waals surface area contributed by atoms with Gasteiger partial charge in [-0.25, -0.2) is 9.97 Å². The summed E-state index contributed by atoms with van der Waals surface area (Å²) in [5.41, 5.74) is 1.00. The molecule has 1 aromatic heterocycles. The summed E-state index contributed by atoms with van der Waals surface area (Å²) in [6.07, 6.45) is 1.59. The maximum Gasteiger partial charge on any atom is 0.159 e. The summed E-state index contributed by atoms with van der Waals surface area (Å²) < 4.78 is 0. The Labute approximate surface area is 83.5 Å². The smallest absolute Gasteiger partial charge is 0.159 e. The van der Waals surface area contributed by atoms with E-state index in [1.165, 1.54) is 0 Å². The van der Waals surface area contributed by atoms with Gasteiger partial charge in [0.25, 0.3) is 0 Å². The Balaban J connectivity index is 2.41. The highest BCUT2D eigenvalue weighted by Crippen LogP contribution is 2.34. The molecule has 0 spiro atoms. The van der Waals surface area contributed by atoms with Crippen molar-refractivity contribution in [3.63, 3.8) is 0 Å². The summed E-state index contributed by atoms with van der Waals surface area (Å²) in [7, 11) is 1.86. The van der Waals surface area contributed by atoms with Crippen molar-refractivity contribution in [3.8, 4) is 0 Å². The molecular weight excluding hydrogens is 178 g/mol. The van der Waals surface area contributed by atoms with Gasteiger partial charge in [0.15, 0.2) is 11.6 Å². The minimum absolute atomic E-state index is 0.448. The van der Waals surface area contributed by atoms with E-state index >= 15 is 0 Å². The van der Waals surface area contributed by atoms with Crippen molar-refractivity contribution in [2.24, 2.45) is 0 Å². The maximum atomic E-state index is 4.28. The van der Waals surface area contributed by atoms with Gasteiger partial charge in [-0.15, -0.1) is 0 Å². The van der Waals surface area contributed by atoms with Crippen molar-refractivity contribution >= 4 is 17.3 Å². The lowest BCUT2D eigenvalue weighted by Crippen LogP contribution is -2.30. The zero-order valence-corrected chi connectivity index (χ0v) is 8.70. The molecule has 0 atom stereocenters. The van der Waals surface area contributed by atoms with Gasteiger partial charge in [0.05, 0.1) is 6.67 Å². The van der Waals surface area contributed by atoms with Crippen LogP contribution in [0.3, 0.4) is 0 Å². The zero-order chi connectivity index (χ0) is 10.1. The summed E-state index contributed by atoms with van der Waals surface area (Å²) in [5.74, 6) is 1.84. The second kappa shape index (κ2) is 3.32. The minimum atomic E-state index is 0.448. The highest BCUT2D eigenvalue weighted by Gasteiger charge is 2.24. The van der Waals surface area contributed by atoms with E-state index in [9.17, 15) is 0 Å². The molecule has 0 saturated carbocycles. The van der Waals surface area contributed by atoms with Crippen LogP contribution in [0.25, 0.3) is 0 Å². The van der Waals surface area contributed by atoms with Gasteiger partial charge >= 0.3 is 0 Å². The molecule has 2 heterocycles. The standard InChI is InChI=1S/C9H15N5/c1-6(2)14-5-13-7-8(10-3)11-4-12-9(7)14/h4,6,13H,5H2,1-3H3,(H,10,11,12). The van der Waals surface area contributed by atoms with Crippen LogP contribution in [0.15, 0.2) is 6.33 Å². The van der Waals surface area contributed by atoms with Crippen LogP contribution in [0.4, 0.5) is 17.3 Å². The lowest BCUT2D eigenvalue weighted by Gasteiger charge is -2.20. The molecule has 2 N–H and O–H groups in total. The summed E-state index contributed by atoms with van der Waals surface area (Å²) in [6, 6.07) is 0.448. The van der Waals surface area contributed by atoms with E-state index in [1.54, 1.807) is 6.33 Å². The zero-order valence-electron chi connectivity index (χ0n) is 8.70. The van der Waals surface area contributed by atoms with Gasteiger partial charge in [-0.2, -0.15) is 0 Å². The largest absolute Gasteiger partial charge is 0.371 e. The Morgan fingerprint density at radius 3 is 2.93 bits per heavy atom. The first kappa shape index (κ1) is 9.05. The third-order valence-corrected chi connectivity index (χ3v) is 2.39. The first-order valence-corrected chi connectivity index (χ1v) is 4.77. The van der Waals surface area contributed by atoms with Gasteiger partial charge in [0.1, 0.15) is 12.0 Å². The number of aromatic nitrogens is 2. The molecule has 1 aromatic rings. The fourth-order valence-corrected chi connectivity index (χ4v) is 1.61. The maximum absolute atomic E-state index is 4.28. The lowest BCUT2D eigenvalue weighted by molar-refractivity contribution is 0.717. The van der Waals surface area contributed by atoms with E-state index in [2.05, 4.69) is 39.3 Å². The minimum Gasteiger partial charge on any atom is -0.371 e. The molecule has 0 aliphatic carbocycles. The second-order valence-corrected chi connectivity index (χ2v) is 3.57. The van der Waals surface area contributed by atoms with Crippen LogP contribution in [0.2, 0.25) is 0 Å². The topological polar surface area (TPSA) is 53.1 Å². The SMILES string of the molecule is CNc1ncnc2c1NCN2C(C)C. The van der Waals surface area contributed by atoms with Crippen molar-refractivity contribution < 1.29 is 0 Å². The Bertz CT molecular complexity index is 336. The summed E-state index contributed by atoms with van der Waals surface area (Å²) in [4.78, 5) is 10.6. The molecule has 0 saturated heterocycles. The van der Waals surface area contributed by atoms with E-state index in [0.717, 1.165) is 24.0 Å². The first-order chi connectivity index (χ1) is 6.74. The molecule has 0 radical (unpaired) electrons. The van der Waals surface area contributed by atoms with E-state index < -0.39 is 0 Å². The van der Waals surface area contributed by atoms with Crippen LogP contribution in [0.5, 0.6) is 0 Å². The summed E-state index contributed by atoms with van der Waals surface area (Å²) in [6.45, 7) is 5.11. The van der Waals surface area contributed by atoms with Crippen molar-refractivity contribution in [1.82, 2.24) is 9.97 Å². The molecule has 2 rings (SSSR count). The van der Waals surface area contributed by atoms with Crippen LogP contribution >= 0.6 is 0 Å². The second-order valence-electron chi connectivity index (χ2n) is 3.57. The number of rotatable bonds is 2.